The van der Waals surface area contributed by atoms with Gasteiger partial charge in [-0.05, 0) is 49.9 Å². The molecule has 37 heavy (non-hydrogen) atoms. The van der Waals surface area contributed by atoms with Crippen molar-refractivity contribution in [3.05, 3.63) is 29.8 Å². The number of carboxylic acids is 1. The summed E-state index contributed by atoms with van der Waals surface area (Å²) < 4.78 is 0. The van der Waals surface area contributed by atoms with Crippen LogP contribution in [0, 0.1) is 0 Å². The van der Waals surface area contributed by atoms with Crippen LogP contribution in [0.15, 0.2) is 24.3 Å². The third-order valence-corrected chi connectivity index (χ3v) is 5.42. The fraction of sp³-hybridized carbons (Fsp3) is 0.522. The predicted octanol–water partition coefficient (Wildman–Crippen LogP) is -2.81. The van der Waals surface area contributed by atoms with E-state index >= 15 is 0 Å². The number of benzene rings is 1. The van der Waals surface area contributed by atoms with E-state index in [0.29, 0.717) is 24.9 Å². The summed E-state index contributed by atoms with van der Waals surface area (Å²) >= 11 is 0. The highest BCUT2D eigenvalue weighted by Gasteiger charge is 2.30. The number of hydrogen-bond donors (Lipinski definition) is 9. The molecule has 0 radical (unpaired) electrons. The minimum atomic E-state index is -1.51. The van der Waals surface area contributed by atoms with Crippen LogP contribution in [0.4, 0.5) is 0 Å². The average Bonchev–Trinajstić information content (AvgIpc) is 2.85. The molecular weight excluding hydrogens is 488 g/mol. The number of unbranched alkanes of at least 4 members (excludes halogenated alkanes) is 1. The predicted molar refractivity (Wildman–Crippen MR) is 132 cm³/mol. The number of phenolic OH excluding ortho intramolecular Hbond substituents is 1. The number of carbonyl (C=O) groups excluding carboxylic acids is 4. The van der Waals surface area contributed by atoms with Crippen LogP contribution in [-0.2, 0) is 30.4 Å². The van der Waals surface area contributed by atoms with Crippen molar-refractivity contribution in [1.82, 2.24) is 16.0 Å². The summed E-state index contributed by atoms with van der Waals surface area (Å²) in [5.41, 5.74) is 16.8. The Morgan fingerprint density at radius 1 is 0.838 bits per heavy atom. The maximum Gasteiger partial charge on any atom is 0.326 e. The minimum Gasteiger partial charge on any atom is -0.508 e. The van der Waals surface area contributed by atoms with Crippen LogP contribution in [-0.4, -0.2) is 82.2 Å². The molecule has 0 heterocycles. The first-order valence-corrected chi connectivity index (χ1v) is 11.7. The molecule has 0 aliphatic heterocycles. The molecule has 14 heteroatoms. The number of phenols is 1. The van der Waals surface area contributed by atoms with Gasteiger partial charge in [0.15, 0.2) is 0 Å². The largest absolute Gasteiger partial charge is 0.508 e. The number of primary amides is 1. The Morgan fingerprint density at radius 2 is 1.41 bits per heavy atom. The van der Waals surface area contributed by atoms with E-state index in [1.807, 2.05) is 0 Å². The van der Waals surface area contributed by atoms with Crippen molar-refractivity contribution in [2.75, 3.05) is 13.2 Å². The van der Waals surface area contributed by atoms with Gasteiger partial charge in [0.2, 0.25) is 23.6 Å². The van der Waals surface area contributed by atoms with Gasteiger partial charge in [-0.3, -0.25) is 19.2 Å². The quantitative estimate of drug-likeness (QED) is 0.0944. The van der Waals surface area contributed by atoms with Gasteiger partial charge in [-0.1, -0.05) is 12.1 Å². The van der Waals surface area contributed by atoms with Crippen molar-refractivity contribution >= 4 is 29.6 Å². The topological polar surface area (TPSA) is 260 Å². The van der Waals surface area contributed by atoms with Gasteiger partial charge >= 0.3 is 5.97 Å². The molecule has 1 aromatic rings. The van der Waals surface area contributed by atoms with E-state index in [4.69, 9.17) is 17.2 Å². The van der Waals surface area contributed by atoms with E-state index in [1.165, 1.54) is 24.3 Å². The highest BCUT2D eigenvalue weighted by molar-refractivity contribution is 5.94. The highest BCUT2D eigenvalue weighted by atomic mass is 16.4. The first kappa shape index (κ1) is 31.3. The molecule has 4 unspecified atom stereocenters. The third kappa shape index (κ3) is 11.7. The number of aliphatic hydroxyl groups is 1. The molecule has 206 valence electrons. The van der Waals surface area contributed by atoms with Crippen LogP contribution < -0.4 is 33.2 Å². The van der Waals surface area contributed by atoms with E-state index in [-0.39, 0.29) is 31.4 Å². The molecule has 4 amide bonds. The molecule has 0 aliphatic carbocycles. The van der Waals surface area contributed by atoms with E-state index in [2.05, 4.69) is 16.0 Å². The first-order valence-electron chi connectivity index (χ1n) is 11.7. The number of carboxylic acid groups (broad SMARTS) is 1. The second-order valence-electron chi connectivity index (χ2n) is 8.47. The number of aliphatic carboxylic acids is 1. The lowest BCUT2D eigenvalue weighted by molar-refractivity contribution is -0.142. The summed E-state index contributed by atoms with van der Waals surface area (Å²) in [5.74, 6) is -4.48. The second-order valence-corrected chi connectivity index (χ2v) is 8.47. The molecule has 14 nitrogen and oxygen atoms in total. The molecule has 4 atom stereocenters. The summed E-state index contributed by atoms with van der Waals surface area (Å²) in [6.07, 6.45) is 0.827. The molecule has 0 saturated carbocycles. The smallest absolute Gasteiger partial charge is 0.326 e. The van der Waals surface area contributed by atoms with E-state index < -0.39 is 60.4 Å². The Hall–Kier alpha value is -3.75. The molecule has 0 aromatic heterocycles. The van der Waals surface area contributed by atoms with Gasteiger partial charge < -0.3 is 48.5 Å². The lowest BCUT2D eigenvalue weighted by atomic mass is 10.0. The Bertz CT molecular complexity index is 926. The molecule has 0 spiro atoms. The molecule has 1 rings (SSSR count). The van der Waals surface area contributed by atoms with Crippen molar-refractivity contribution in [1.29, 1.82) is 0 Å². The number of carbonyl (C=O) groups is 5. The normalized spacial score (nSPS) is 14.0. The van der Waals surface area contributed by atoms with Crippen molar-refractivity contribution < 1.29 is 39.3 Å². The van der Waals surface area contributed by atoms with Gasteiger partial charge in [-0.15, -0.1) is 0 Å². The lowest BCUT2D eigenvalue weighted by Crippen LogP contribution is -2.58. The number of rotatable bonds is 17. The fourth-order valence-electron chi connectivity index (χ4n) is 3.27. The Kier molecular flexibility index (Phi) is 13.6. The second kappa shape index (κ2) is 16.1. The van der Waals surface area contributed by atoms with Crippen LogP contribution >= 0.6 is 0 Å². The number of hydrogen-bond acceptors (Lipinski definition) is 9. The van der Waals surface area contributed by atoms with Crippen molar-refractivity contribution in [2.24, 2.45) is 17.2 Å². The fourth-order valence-corrected chi connectivity index (χ4v) is 3.27. The van der Waals surface area contributed by atoms with Crippen molar-refractivity contribution in [2.45, 2.75) is 62.7 Å². The van der Waals surface area contributed by atoms with Crippen LogP contribution in [0.1, 0.15) is 37.7 Å². The summed E-state index contributed by atoms with van der Waals surface area (Å²) in [6.45, 7) is -0.485. The zero-order chi connectivity index (χ0) is 28.0. The first-order chi connectivity index (χ1) is 17.5. The Morgan fingerprint density at radius 3 is 1.95 bits per heavy atom. The van der Waals surface area contributed by atoms with Crippen LogP contribution in [0.25, 0.3) is 0 Å². The summed E-state index contributed by atoms with van der Waals surface area (Å²) in [5, 5.41) is 35.6. The molecule has 0 saturated heterocycles. The van der Waals surface area contributed by atoms with E-state index in [9.17, 15) is 39.3 Å². The van der Waals surface area contributed by atoms with Gasteiger partial charge in [0, 0.05) is 12.8 Å². The molecular formula is C23H36N6O8. The van der Waals surface area contributed by atoms with Crippen molar-refractivity contribution in [3.8, 4) is 5.75 Å². The monoisotopic (exact) mass is 524 g/mol. The number of aliphatic hydroxyl groups excluding tert-OH is 1. The highest BCUT2D eigenvalue weighted by Crippen LogP contribution is 2.12. The minimum absolute atomic E-state index is 0.0151. The number of nitrogens with one attached hydrogen (secondary N) is 3. The molecule has 0 bridgehead atoms. The van der Waals surface area contributed by atoms with Gasteiger partial charge in [0.1, 0.15) is 23.9 Å². The summed E-state index contributed by atoms with van der Waals surface area (Å²) in [4.78, 5) is 60.6. The van der Waals surface area contributed by atoms with Gasteiger partial charge in [0.25, 0.3) is 0 Å². The molecule has 0 fully saturated rings. The van der Waals surface area contributed by atoms with E-state index in [1.54, 1.807) is 0 Å². The molecule has 0 aliphatic rings. The van der Waals surface area contributed by atoms with Crippen LogP contribution in [0.5, 0.6) is 5.75 Å². The van der Waals surface area contributed by atoms with Gasteiger partial charge in [0.05, 0.1) is 12.6 Å². The Labute approximate surface area is 213 Å². The summed E-state index contributed by atoms with van der Waals surface area (Å²) in [7, 11) is 0. The maximum atomic E-state index is 13.0. The van der Waals surface area contributed by atoms with Crippen LogP contribution in [0.3, 0.4) is 0 Å². The van der Waals surface area contributed by atoms with Crippen LogP contribution in [0.2, 0.25) is 0 Å². The van der Waals surface area contributed by atoms with Gasteiger partial charge in [-0.2, -0.15) is 0 Å². The van der Waals surface area contributed by atoms with Gasteiger partial charge in [-0.25, -0.2) is 4.79 Å². The SMILES string of the molecule is NCCCCC(NC(=O)C(CO)NC(=O)C(Cc1ccc(O)cc1)NC(=O)C(N)CCC(N)=O)C(=O)O. The number of aromatic hydroxyl groups is 1. The summed E-state index contributed by atoms with van der Waals surface area (Å²) in [6, 6.07) is 0.625. The maximum absolute atomic E-state index is 13.0. The Balaban J connectivity index is 2.98. The zero-order valence-corrected chi connectivity index (χ0v) is 20.4. The average molecular weight is 525 g/mol. The molecule has 1 aromatic carbocycles. The van der Waals surface area contributed by atoms with E-state index in [0.717, 1.165) is 0 Å². The number of nitrogens with two attached hydrogens (primary N) is 3. The zero-order valence-electron chi connectivity index (χ0n) is 20.4. The molecule has 12 N–H and O–H groups in total. The standard InChI is InChI=1S/C23H36N6O8/c24-10-2-1-3-16(23(36)37)27-22(35)18(12-30)29-21(34)17(11-13-4-6-14(31)7-5-13)28-20(33)15(25)8-9-19(26)32/h4-7,15-18,30-31H,1-3,8-12,24-25H2,(H2,26,32)(H,27,35)(H,28,33)(H,29,34)(H,36,37). The number of amides is 4. The van der Waals surface area contributed by atoms with Crippen molar-refractivity contribution in [3.63, 3.8) is 0 Å². The third-order valence-electron chi connectivity index (χ3n) is 5.42. The lowest BCUT2D eigenvalue weighted by Gasteiger charge is -2.24.